The highest BCUT2D eigenvalue weighted by molar-refractivity contribution is 6.30. The van der Waals surface area contributed by atoms with Gasteiger partial charge in [-0.05, 0) is 57.4 Å². The number of hydrogen-bond donors (Lipinski definition) is 1. The Balaban J connectivity index is 1.43. The molecule has 1 aliphatic rings. The second-order valence-electron chi connectivity index (χ2n) is 8.05. The van der Waals surface area contributed by atoms with E-state index in [1.54, 1.807) is 16.9 Å². The summed E-state index contributed by atoms with van der Waals surface area (Å²) in [5, 5.41) is 8.16. The molecule has 7 heteroatoms. The van der Waals surface area contributed by atoms with Crippen molar-refractivity contribution in [3.05, 3.63) is 52.9 Å². The zero-order chi connectivity index (χ0) is 21.1. The highest BCUT2D eigenvalue weighted by Crippen LogP contribution is 2.26. The minimum Gasteiger partial charge on any atom is -0.352 e. The molecule has 2 aromatic heterocycles. The van der Waals surface area contributed by atoms with E-state index in [9.17, 15) is 4.79 Å². The van der Waals surface area contributed by atoms with Gasteiger partial charge in [0.25, 0.3) is 5.91 Å². The molecule has 1 aromatic carbocycles. The molecule has 1 fully saturated rings. The van der Waals surface area contributed by atoms with Crippen LogP contribution in [-0.4, -0.2) is 51.1 Å². The summed E-state index contributed by atoms with van der Waals surface area (Å²) in [6, 6.07) is 8.25. The van der Waals surface area contributed by atoms with Crippen LogP contribution < -0.4 is 5.32 Å². The Bertz CT molecular complexity index is 1050. The van der Waals surface area contributed by atoms with Gasteiger partial charge < -0.3 is 10.2 Å². The third kappa shape index (κ3) is 4.35. The summed E-state index contributed by atoms with van der Waals surface area (Å²) in [5.74, 6) is -0.103. The van der Waals surface area contributed by atoms with Crippen molar-refractivity contribution in [2.75, 3.05) is 19.6 Å². The highest BCUT2D eigenvalue weighted by atomic mass is 35.5. The van der Waals surface area contributed by atoms with Crippen LogP contribution in [0.2, 0.25) is 5.02 Å². The third-order valence-corrected chi connectivity index (χ3v) is 6.23. The quantitative estimate of drug-likeness (QED) is 0.596. The zero-order valence-electron chi connectivity index (χ0n) is 17.6. The van der Waals surface area contributed by atoms with Gasteiger partial charge >= 0.3 is 0 Å². The van der Waals surface area contributed by atoms with Crippen molar-refractivity contribution in [3.8, 4) is 11.1 Å². The van der Waals surface area contributed by atoms with Crippen LogP contribution in [0.3, 0.4) is 0 Å². The van der Waals surface area contributed by atoms with Gasteiger partial charge in [-0.1, -0.05) is 30.2 Å². The highest BCUT2D eigenvalue weighted by Gasteiger charge is 2.18. The number of hydrogen-bond acceptors (Lipinski definition) is 4. The number of aromatic nitrogens is 3. The van der Waals surface area contributed by atoms with Gasteiger partial charge in [-0.2, -0.15) is 5.10 Å². The van der Waals surface area contributed by atoms with E-state index in [0.717, 1.165) is 29.8 Å². The number of benzene rings is 1. The number of carbonyl (C=O) groups is 1. The van der Waals surface area contributed by atoms with Gasteiger partial charge in [-0.15, -0.1) is 0 Å². The van der Waals surface area contributed by atoms with E-state index in [1.165, 1.54) is 25.8 Å². The summed E-state index contributed by atoms with van der Waals surface area (Å²) in [5.41, 5.74) is 3.88. The Morgan fingerprint density at radius 3 is 2.97 bits per heavy atom. The molecule has 0 bridgehead atoms. The van der Waals surface area contributed by atoms with Crippen LogP contribution >= 0.6 is 11.6 Å². The van der Waals surface area contributed by atoms with E-state index >= 15 is 0 Å². The van der Waals surface area contributed by atoms with Gasteiger partial charge in [0, 0.05) is 35.9 Å². The van der Waals surface area contributed by atoms with Crippen molar-refractivity contribution in [3.63, 3.8) is 0 Å². The molecule has 0 aliphatic carbocycles. The summed E-state index contributed by atoms with van der Waals surface area (Å²) >= 11 is 6.13. The van der Waals surface area contributed by atoms with Crippen LogP contribution in [0.4, 0.5) is 0 Å². The first-order valence-electron chi connectivity index (χ1n) is 10.7. The third-order valence-electron chi connectivity index (χ3n) is 6.00. The first-order valence-corrected chi connectivity index (χ1v) is 11.0. The number of nitrogens with one attached hydrogen (secondary N) is 1. The van der Waals surface area contributed by atoms with Crippen LogP contribution in [0.15, 0.2) is 36.7 Å². The Morgan fingerprint density at radius 1 is 1.30 bits per heavy atom. The largest absolute Gasteiger partial charge is 0.352 e. The van der Waals surface area contributed by atoms with E-state index < -0.39 is 0 Å². The smallest absolute Gasteiger partial charge is 0.254 e. The second-order valence-corrected chi connectivity index (χ2v) is 8.49. The summed E-state index contributed by atoms with van der Waals surface area (Å²) in [6.45, 7) is 7.05. The number of likely N-dealkylation sites (tertiary alicyclic amines) is 1. The number of halogens is 1. The van der Waals surface area contributed by atoms with Gasteiger partial charge in [0.15, 0.2) is 5.65 Å². The predicted molar refractivity (Wildman–Crippen MR) is 120 cm³/mol. The lowest BCUT2D eigenvalue weighted by atomic mass is 10.0. The van der Waals surface area contributed by atoms with Gasteiger partial charge in [0.05, 0.1) is 17.5 Å². The minimum absolute atomic E-state index is 0.103. The van der Waals surface area contributed by atoms with Gasteiger partial charge in [0.1, 0.15) is 0 Å². The van der Waals surface area contributed by atoms with E-state index in [4.69, 9.17) is 11.6 Å². The molecule has 30 heavy (non-hydrogen) atoms. The van der Waals surface area contributed by atoms with Crippen LogP contribution in [0.5, 0.6) is 0 Å². The van der Waals surface area contributed by atoms with Crippen molar-refractivity contribution in [1.29, 1.82) is 0 Å². The number of fused-ring (bicyclic) bond motifs is 1. The number of nitrogens with zero attached hydrogens (tertiary/aromatic N) is 4. The van der Waals surface area contributed by atoms with Gasteiger partial charge in [-0.3, -0.25) is 4.79 Å². The Labute approximate surface area is 182 Å². The maximum Gasteiger partial charge on any atom is 0.254 e. The number of carbonyl (C=O) groups excluding carboxylic acids is 1. The summed E-state index contributed by atoms with van der Waals surface area (Å²) in [4.78, 5) is 19.8. The number of amides is 1. The molecule has 158 valence electrons. The normalized spacial score (nSPS) is 17.4. The molecule has 6 nitrogen and oxygen atoms in total. The molecule has 0 radical (unpaired) electrons. The number of aryl methyl sites for hydroxylation is 1. The molecule has 1 amide bonds. The zero-order valence-corrected chi connectivity index (χ0v) is 18.3. The lowest BCUT2D eigenvalue weighted by Crippen LogP contribution is -2.39. The lowest BCUT2D eigenvalue weighted by molar-refractivity contribution is 0.0947. The molecular weight excluding hydrogens is 398 g/mol. The fourth-order valence-electron chi connectivity index (χ4n) is 4.20. The van der Waals surface area contributed by atoms with Crippen LogP contribution in [0.25, 0.3) is 16.8 Å². The molecule has 1 atom stereocenters. The fraction of sp³-hybridized carbons (Fsp3) is 0.435. The van der Waals surface area contributed by atoms with E-state index in [2.05, 4.69) is 27.2 Å². The van der Waals surface area contributed by atoms with Gasteiger partial charge in [0.2, 0.25) is 0 Å². The predicted octanol–water partition coefficient (Wildman–Crippen LogP) is 4.35. The molecule has 4 rings (SSSR count). The van der Waals surface area contributed by atoms with E-state index in [-0.39, 0.29) is 5.91 Å². The van der Waals surface area contributed by atoms with Crippen molar-refractivity contribution in [1.82, 2.24) is 24.8 Å². The summed E-state index contributed by atoms with van der Waals surface area (Å²) in [7, 11) is 0. The molecule has 3 aromatic rings. The second kappa shape index (κ2) is 9.14. The van der Waals surface area contributed by atoms with E-state index in [1.807, 2.05) is 31.2 Å². The van der Waals surface area contributed by atoms with Gasteiger partial charge in [-0.25, -0.2) is 9.50 Å². The van der Waals surface area contributed by atoms with Crippen LogP contribution in [-0.2, 0) is 0 Å². The van der Waals surface area contributed by atoms with Crippen molar-refractivity contribution < 1.29 is 4.79 Å². The topological polar surface area (TPSA) is 62.5 Å². The molecule has 0 spiro atoms. The number of rotatable bonds is 6. The molecule has 1 saturated heterocycles. The van der Waals surface area contributed by atoms with E-state index in [0.29, 0.717) is 28.8 Å². The first kappa shape index (κ1) is 20.8. The Kier molecular flexibility index (Phi) is 6.35. The molecular formula is C23H28ClN5O. The first-order chi connectivity index (χ1) is 14.5. The molecule has 1 unspecified atom stereocenters. The maximum absolute atomic E-state index is 12.7. The molecule has 1 N–H and O–H groups in total. The van der Waals surface area contributed by atoms with Crippen LogP contribution in [0, 0.1) is 6.92 Å². The SMILES string of the molecule is Cc1c(C(=O)NCCCN2CCCCC2C)cnc2c(-c3cccc(Cl)c3)cnn12. The lowest BCUT2D eigenvalue weighted by Gasteiger charge is -2.33. The monoisotopic (exact) mass is 425 g/mol. The Morgan fingerprint density at radius 2 is 2.17 bits per heavy atom. The standard InChI is InChI=1S/C23H28ClN5O/c1-16-7-3-4-11-28(16)12-6-10-25-23(30)20-14-26-22-21(15-27-29(22)17(20)2)18-8-5-9-19(24)13-18/h5,8-9,13-16H,3-4,6-7,10-12H2,1-2H3,(H,25,30). The summed E-state index contributed by atoms with van der Waals surface area (Å²) < 4.78 is 1.72. The number of piperidine rings is 1. The fourth-order valence-corrected chi connectivity index (χ4v) is 4.39. The molecule has 1 aliphatic heterocycles. The van der Waals surface area contributed by atoms with Crippen molar-refractivity contribution in [2.24, 2.45) is 0 Å². The Hall–Kier alpha value is -2.44. The average molecular weight is 426 g/mol. The van der Waals surface area contributed by atoms with Crippen molar-refractivity contribution in [2.45, 2.75) is 45.6 Å². The minimum atomic E-state index is -0.103. The van der Waals surface area contributed by atoms with Crippen molar-refractivity contribution >= 4 is 23.2 Å². The molecule has 0 saturated carbocycles. The average Bonchev–Trinajstić information content (AvgIpc) is 3.17. The maximum atomic E-state index is 12.7. The summed E-state index contributed by atoms with van der Waals surface area (Å²) in [6.07, 6.45) is 8.24. The molecule has 3 heterocycles. The van der Waals surface area contributed by atoms with Crippen LogP contribution in [0.1, 0.15) is 48.7 Å².